The van der Waals surface area contributed by atoms with Crippen LogP contribution in [0.3, 0.4) is 0 Å². The normalized spacial score (nSPS) is 30.8. The van der Waals surface area contributed by atoms with E-state index in [0.29, 0.717) is 0 Å². The van der Waals surface area contributed by atoms with Crippen molar-refractivity contribution >= 4 is 17.9 Å². The van der Waals surface area contributed by atoms with Crippen LogP contribution < -0.4 is 10.6 Å². The minimum atomic E-state index is -0.991. The molecule has 1 aliphatic heterocycles. The second kappa shape index (κ2) is 3.47. The largest absolute Gasteiger partial charge is 0.481 e. The first-order valence-electron chi connectivity index (χ1n) is 5.32. The summed E-state index contributed by atoms with van der Waals surface area (Å²) in [5.41, 5.74) is -0.991. The number of rotatable bonds is 4. The summed E-state index contributed by atoms with van der Waals surface area (Å²) in [6.07, 6.45) is 1.88. The molecule has 0 radical (unpaired) electrons. The smallest absolute Gasteiger partial charge is 0.322 e. The van der Waals surface area contributed by atoms with Crippen molar-refractivity contribution in [1.29, 1.82) is 0 Å². The quantitative estimate of drug-likeness (QED) is 0.592. The predicted octanol–water partition coefficient (Wildman–Crippen LogP) is 0.0854. The number of carbonyl (C=O) groups is 3. The Morgan fingerprint density at radius 1 is 1.56 bits per heavy atom. The number of carbonyl (C=O) groups excluding carboxylic acids is 2. The van der Waals surface area contributed by atoms with E-state index in [1.54, 1.807) is 6.92 Å². The molecule has 1 heterocycles. The van der Waals surface area contributed by atoms with Crippen LogP contribution in [0, 0.1) is 11.8 Å². The third-order valence-electron chi connectivity index (χ3n) is 3.29. The third kappa shape index (κ3) is 1.64. The first-order chi connectivity index (χ1) is 7.45. The van der Waals surface area contributed by atoms with Crippen LogP contribution in [0.5, 0.6) is 0 Å². The van der Waals surface area contributed by atoms with Crippen molar-refractivity contribution in [3.63, 3.8) is 0 Å². The fraction of sp³-hybridized carbons (Fsp3) is 0.700. The molecule has 16 heavy (non-hydrogen) atoms. The molecule has 3 amide bonds. The zero-order valence-corrected chi connectivity index (χ0v) is 8.95. The van der Waals surface area contributed by atoms with E-state index in [1.807, 2.05) is 0 Å². The lowest BCUT2D eigenvalue weighted by atomic mass is 9.84. The maximum Gasteiger partial charge on any atom is 0.322 e. The highest BCUT2D eigenvalue weighted by Gasteiger charge is 2.56. The van der Waals surface area contributed by atoms with E-state index in [2.05, 4.69) is 10.6 Å². The monoisotopic (exact) mass is 226 g/mol. The van der Waals surface area contributed by atoms with Gasteiger partial charge in [0.25, 0.3) is 5.91 Å². The number of hydrogen-bond acceptors (Lipinski definition) is 3. The molecule has 6 heteroatoms. The number of imide groups is 1. The van der Waals surface area contributed by atoms with Gasteiger partial charge < -0.3 is 10.4 Å². The molecule has 88 valence electrons. The summed E-state index contributed by atoms with van der Waals surface area (Å²) in [4.78, 5) is 33.7. The van der Waals surface area contributed by atoms with Crippen LogP contribution in [-0.4, -0.2) is 28.6 Å². The Labute approximate surface area is 92.4 Å². The van der Waals surface area contributed by atoms with Crippen LogP contribution in [-0.2, 0) is 9.59 Å². The summed E-state index contributed by atoms with van der Waals surface area (Å²) in [6.45, 7) is 1.55. The summed E-state index contributed by atoms with van der Waals surface area (Å²) in [5.74, 6) is -1.90. The third-order valence-corrected chi connectivity index (χ3v) is 3.29. The maximum absolute atomic E-state index is 11.8. The highest BCUT2D eigenvalue weighted by molar-refractivity contribution is 6.07. The highest BCUT2D eigenvalue weighted by Crippen LogP contribution is 2.44. The lowest BCUT2D eigenvalue weighted by Crippen LogP contribution is -2.50. The van der Waals surface area contributed by atoms with Gasteiger partial charge >= 0.3 is 12.0 Å². The van der Waals surface area contributed by atoms with Gasteiger partial charge in [0.2, 0.25) is 0 Å². The maximum atomic E-state index is 11.8. The fourth-order valence-corrected chi connectivity index (χ4v) is 2.25. The van der Waals surface area contributed by atoms with E-state index >= 15 is 0 Å². The molecule has 0 aromatic carbocycles. The molecule has 2 fully saturated rings. The number of aliphatic carboxylic acids is 1. The van der Waals surface area contributed by atoms with Gasteiger partial charge in [0.05, 0.1) is 5.92 Å². The molecule has 0 aromatic heterocycles. The molecule has 1 saturated heterocycles. The van der Waals surface area contributed by atoms with Crippen LogP contribution in [0.15, 0.2) is 0 Å². The van der Waals surface area contributed by atoms with E-state index in [9.17, 15) is 14.4 Å². The van der Waals surface area contributed by atoms with E-state index in [1.165, 1.54) is 0 Å². The SMILES string of the molecule is CC(CC1(C2CC2)NC(=O)NC1=O)C(=O)O. The molecule has 1 saturated carbocycles. The summed E-state index contributed by atoms with van der Waals surface area (Å²) in [5, 5.41) is 13.7. The molecule has 0 aromatic rings. The van der Waals surface area contributed by atoms with Crippen molar-refractivity contribution in [2.45, 2.75) is 31.7 Å². The van der Waals surface area contributed by atoms with Crippen molar-refractivity contribution in [1.82, 2.24) is 10.6 Å². The number of carboxylic acid groups (broad SMARTS) is 1. The van der Waals surface area contributed by atoms with E-state index in [0.717, 1.165) is 12.8 Å². The van der Waals surface area contributed by atoms with Crippen LogP contribution in [0.1, 0.15) is 26.2 Å². The molecule has 2 rings (SSSR count). The number of hydrogen-bond donors (Lipinski definition) is 3. The van der Waals surface area contributed by atoms with Gasteiger partial charge in [-0.3, -0.25) is 14.9 Å². The van der Waals surface area contributed by atoms with Gasteiger partial charge in [-0.15, -0.1) is 0 Å². The Kier molecular flexibility index (Phi) is 2.36. The summed E-state index contributed by atoms with van der Waals surface area (Å²) in [7, 11) is 0. The van der Waals surface area contributed by atoms with Crippen molar-refractivity contribution in [2.75, 3.05) is 0 Å². The Bertz CT molecular complexity index is 364. The second-order valence-electron chi connectivity index (χ2n) is 4.60. The van der Waals surface area contributed by atoms with Crippen LogP contribution in [0.25, 0.3) is 0 Å². The number of nitrogens with one attached hydrogen (secondary N) is 2. The number of amides is 3. The van der Waals surface area contributed by atoms with Gasteiger partial charge in [-0.25, -0.2) is 4.79 Å². The number of carboxylic acids is 1. The zero-order valence-electron chi connectivity index (χ0n) is 8.95. The van der Waals surface area contributed by atoms with Gasteiger partial charge in [0.1, 0.15) is 5.54 Å². The molecular formula is C10H14N2O4. The lowest BCUT2D eigenvalue weighted by Gasteiger charge is -2.27. The minimum absolute atomic E-state index is 0.0840. The number of urea groups is 1. The zero-order chi connectivity index (χ0) is 11.9. The van der Waals surface area contributed by atoms with Crippen molar-refractivity contribution in [2.24, 2.45) is 11.8 Å². The molecular weight excluding hydrogens is 212 g/mol. The first-order valence-corrected chi connectivity index (χ1v) is 5.32. The van der Waals surface area contributed by atoms with Crippen LogP contribution in [0.2, 0.25) is 0 Å². The van der Waals surface area contributed by atoms with Gasteiger partial charge in [0.15, 0.2) is 0 Å². The second-order valence-corrected chi connectivity index (χ2v) is 4.60. The first kappa shape index (κ1) is 10.9. The van der Waals surface area contributed by atoms with Crippen LogP contribution >= 0.6 is 0 Å². The average molecular weight is 226 g/mol. The molecule has 2 unspecified atom stereocenters. The summed E-state index contributed by atoms with van der Waals surface area (Å²) < 4.78 is 0. The highest BCUT2D eigenvalue weighted by atomic mass is 16.4. The van der Waals surface area contributed by atoms with Gasteiger partial charge in [0, 0.05) is 0 Å². The van der Waals surface area contributed by atoms with Crippen molar-refractivity contribution in [3.05, 3.63) is 0 Å². The Morgan fingerprint density at radius 2 is 2.19 bits per heavy atom. The predicted molar refractivity (Wildman–Crippen MR) is 53.5 cm³/mol. The van der Waals surface area contributed by atoms with Crippen molar-refractivity contribution in [3.8, 4) is 0 Å². The molecule has 2 aliphatic rings. The van der Waals surface area contributed by atoms with Gasteiger partial charge in [-0.05, 0) is 25.2 Å². The Balaban J connectivity index is 2.19. The molecule has 0 spiro atoms. The summed E-state index contributed by atoms with van der Waals surface area (Å²) in [6, 6.07) is -0.519. The van der Waals surface area contributed by atoms with E-state index < -0.39 is 23.5 Å². The van der Waals surface area contributed by atoms with E-state index in [-0.39, 0.29) is 18.2 Å². The van der Waals surface area contributed by atoms with E-state index in [4.69, 9.17) is 5.11 Å². The lowest BCUT2D eigenvalue weighted by molar-refractivity contribution is -0.142. The standard InChI is InChI=1S/C10H14N2O4/c1-5(7(13)14)4-10(6-2-3-6)8(15)11-9(16)12-10/h5-6H,2-4H2,1H3,(H,13,14)(H2,11,12,15,16). The molecule has 2 atom stereocenters. The molecule has 1 aliphatic carbocycles. The van der Waals surface area contributed by atoms with Gasteiger partial charge in [-0.2, -0.15) is 0 Å². The Morgan fingerprint density at radius 3 is 2.56 bits per heavy atom. The topological polar surface area (TPSA) is 95.5 Å². The molecule has 0 bridgehead atoms. The minimum Gasteiger partial charge on any atom is -0.481 e. The average Bonchev–Trinajstić information content (AvgIpc) is 2.95. The Hall–Kier alpha value is -1.59. The van der Waals surface area contributed by atoms with Gasteiger partial charge in [-0.1, -0.05) is 6.92 Å². The molecule has 6 nitrogen and oxygen atoms in total. The van der Waals surface area contributed by atoms with Crippen molar-refractivity contribution < 1.29 is 19.5 Å². The fourth-order valence-electron chi connectivity index (χ4n) is 2.25. The van der Waals surface area contributed by atoms with Crippen LogP contribution in [0.4, 0.5) is 4.79 Å². The molecule has 3 N–H and O–H groups in total. The summed E-state index contributed by atoms with van der Waals surface area (Å²) >= 11 is 0.